The predicted molar refractivity (Wildman–Crippen MR) is 186 cm³/mol. The summed E-state index contributed by atoms with van der Waals surface area (Å²) in [6.45, 7) is 0. The molecule has 0 bridgehead atoms. The van der Waals surface area contributed by atoms with E-state index in [1.807, 2.05) is 12.1 Å². The summed E-state index contributed by atoms with van der Waals surface area (Å²) < 4.78 is 6.35. The highest BCUT2D eigenvalue weighted by Crippen LogP contribution is 2.41. The van der Waals surface area contributed by atoms with E-state index in [1.165, 1.54) is 43.4 Å². The molecule has 2 nitrogen and oxygen atoms in total. The zero-order valence-corrected chi connectivity index (χ0v) is 23.9. The van der Waals surface area contributed by atoms with Gasteiger partial charge in [0.05, 0.1) is 0 Å². The topological polar surface area (TPSA) is 16.4 Å². The minimum Gasteiger partial charge on any atom is -0.456 e. The first kappa shape index (κ1) is 24.7. The average molecular weight is 562 g/mol. The van der Waals surface area contributed by atoms with Crippen molar-refractivity contribution in [2.75, 3.05) is 4.90 Å². The SMILES string of the molecule is c1ccc(-c2cccc(N(c3ccc4c(c3)oc3ccccc34)c3ccc4ccc5c6ccccc6ccc5c4c3)c2)cc1. The molecule has 0 atom stereocenters. The van der Waals surface area contributed by atoms with Crippen molar-refractivity contribution in [3.63, 3.8) is 0 Å². The van der Waals surface area contributed by atoms with E-state index < -0.39 is 0 Å². The van der Waals surface area contributed by atoms with Gasteiger partial charge >= 0.3 is 0 Å². The Labute approximate surface area is 255 Å². The summed E-state index contributed by atoms with van der Waals surface area (Å²) in [5.74, 6) is 0. The van der Waals surface area contributed by atoms with Crippen molar-refractivity contribution in [3.8, 4) is 11.1 Å². The van der Waals surface area contributed by atoms with Crippen LogP contribution in [-0.2, 0) is 0 Å². The predicted octanol–water partition coefficient (Wildman–Crippen LogP) is 12.2. The van der Waals surface area contributed by atoms with E-state index in [9.17, 15) is 0 Å². The third-order valence-electron chi connectivity index (χ3n) is 8.82. The summed E-state index contributed by atoms with van der Waals surface area (Å²) in [5.41, 5.74) is 7.39. The molecule has 44 heavy (non-hydrogen) atoms. The van der Waals surface area contributed by atoms with Crippen molar-refractivity contribution >= 4 is 71.3 Å². The molecule has 0 N–H and O–H groups in total. The second kappa shape index (κ2) is 9.86. The number of para-hydroxylation sites is 1. The van der Waals surface area contributed by atoms with E-state index in [1.54, 1.807) is 0 Å². The summed E-state index contributed by atoms with van der Waals surface area (Å²) in [4.78, 5) is 2.35. The van der Waals surface area contributed by atoms with Crippen molar-refractivity contribution in [1.82, 2.24) is 0 Å². The van der Waals surface area contributed by atoms with Gasteiger partial charge in [0.1, 0.15) is 11.2 Å². The van der Waals surface area contributed by atoms with Crippen LogP contribution in [-0.4, -0.2) is 0 Å². The lowest BCUT2D eigenvalue weighted by molar-refractivity contribution is 0.669. The van der Waals surface area contributed by atoms with Gasteiger partial charge in [-0.3, -0.25) is 0 Å². The van der Waals surface area contributed by atoms with E-state index >= 15 is 0 Å². The van der Waals surface area contributed by atoms with E-state index in [4.69, 9.17) is 4.42 Å². The zero-order valence-electron chi connectivity index (χ0n) is 23.9. The molecule has 8 aromatic carbocycles. The van der Waals surface area contributed by atoms with Crippen LogP contribution >= 0.6 is 0 Å². The second-order valence-electron chi connectivity index (χ2n) is 11.4. The molecule has 0 amide bonds. The minimum absolute atomic E-state index is 0.880. The molecule has 0 spiro atoms. The van der Waals surface area contributed by atoms with E-state index in [0.717, 1.165) is 39.0 Å². The first-order valence-electron chi connectivity index (χ1n) is 15.0. The molecule has 0 saturated heterocycles. The monoisotopic (exact) mass is 561 g/mol. The molecule has 2 heteroatoms. The zero-order chi connectivity index (χ0) is 29.0. The molecule has 1 aromatic heterocycles. The smallest absolute Gasteiger partial charge is 0.137 e. The third kappa shape index (κ3) is 3.96. The molecule has 0 unspecified atom stereocenters. The van der Waals surface area contributed by atoms with E-state index in [2.05, 4.69) is 157 Å². The van der Waals surface area contributed by atoms with Crippen molar-refractivity contribution < 1.29 is 4.42 Å². The third-order valence-corrected chi connectivity index (χ3v) is 8.82. The van der Waals surface area contributed by atoms with Crippen LogP contribution in [0.4, 0.5) is 17.1 Å². The maximum Gasteiger partial charge on any atom is 0.137 e. The van der Waals surface area contributed by atoms with Crippen LogP contribution in [0.1, 0.15) is 0 Å². The molecular formula is C42H27NO. The molecule has 0 aliphatic carbocycles. The summed E-state index contributed by atoms with van der Waals surface area (Å²) in [7, 11) is 0. The molecule has 0 aliphatic heterocycles. The summed E-state index contributed by atoms with van der Waals surface area (Å²) >= 11 is 0. The maximum atomic E-state index is 6.35. The summed E-state index contributed by atoms with van der Waals surface area (Å²) in [6, 6.07) is 58.6. The number of nitrogens with zero attached hydrogens (tertiary/aromatic N) is 1. The van der Waals surface area contributed by atoms with Crippen molar-refractivity contribution in [1.29, 1.82) is 0 Å². The average Bonchev–Trinajstić information content (AvgIpc) is 3.46. The van der Waals surface area contributed by atoms with Gasteiger partial charge in [0.25, 0.3) is 0 Å². The molecule has 206 valence electrons. The Balaban J connectivity index is 1.29. The first-order valence-corrected chi connectivity index (χ1v) is 15.0. The largest absolute Gasteiger partial charge is 0.456 e. The lowest BCUT2D eigenvalue weighted by atomic mass is 9.96. The van der Waals surface area contributed by atoms with Gasteiger partial charge in [-0.25, -0.2) is 0 Å². The Kier molecular flexibility index (Phi) is 5.54. The highest BCUT2D eigenvalue weighted by atomic mass is 16.3. The number of hydrogen-bond acceptors (Lipinski definition) is 2. The second-order valence-corrected chi connectivity index (χ2v) is 11.4. The van der Waals surface area contributed by atoms with Crippen molar-refractivity contribution in [2.45, 2.75) is 0 Å². The molecule has 9 rings (SSSR count). The highest BCUT2D eigenvalue weighted by Gasteiger charge is 2.17. The van der Waals surface area contributed by atoms with Crippen LogP contribution in [0.15, 0.2) is 168 Å². The normalized spacial score (nSPS) is 11.6. The Hall–Kier alpha value is -5.86. The Morgan fingerprint density at radius 3 is 1.80 bits per heavy atom. The fraction of sp³-hybridized carbons (Fsp3) is 0. The standard InChI is InChI=1S/C42H27NO/c1-2-9-28(10-3-1)31-12-8-13-32(25-31)43(34-21-24-39-38-15-6-7-16-41(38)44-42(39)27-34)33-20-17-30-19-22-36-35-14-5-4-11-29(35)18-23-37(36)40(30)26-33/h1-27H. The van der Waals surface area contributed by atoms with Crippen LogP contribution in [0.3, 0.4) is 0 Å². The van der Waals surface area contributed by atoms with Gasteiger partial charge in [-0.15, -0.1) is 0 Å². The molecule has 0 radical (unpaired) electrons. The molecule has 9 aromatic rings. The maximum absolute atomic E-state index is 6.35. The van der Waals surface area contributed by atoms with Gasteiger partial charge in [0, 0.05) is 33.9 Å². The van der Waals surface area contributed by atoms with Crippen LogP contribution < -0.4 is 4.90 Å². The number of anilines is 3. The Morgan fingerprint density at radius 2 is 0.909 bits per heavy atom. The minimum atomic E-state index is 0.880. The number of furan rings is 1. The molecule has 0 saturated carbocycles. The van der Waals surface area contributed by atoms with Crippen LogP contribution in [0, 0.1) is 0 Å². The van der Waals surface area contributed by atoms with Gasteiger partial charge < -0.3 is 9.32 Å². The number of hydrogen-bond donors (Lipinski definition) is 0. The van der Waals surface area contributed by atoms with E-state index in [0.29, 0.717) is 0 Å². The summed E-state index contributed by atoms with van der Waals surface area (Å²) in [5, 5.41) is 9.79. The van der Waals surface area contributed by atoms with Crippen LogP contribution in [0.25, 0.3) is 65.4 Å². The molecular weight excluding hydrogens is 534 g/mol. The molecule has 0 fully saturated rings. The van der Waals surface area contributed by atoms with Crippen LogP contribution in [0.5, 0.6) is 0 Å². The van der Waals surface area contributed by atoms with Gasteiger partial charge in [-0.1, -0.05) is 115 Å². The highest BCUT2D eigenvalue weighted by molar-refractivity contribution is 6.18. The lowest BCUT2D eigenvalue weighted by Gasteiger charge is -2.26. The molecule has 1 heterocycles. The number of fused-ring (bicyclic) bond motifs is 8. The Morgan fingerprint density at radius 1 is 0.318 bits per heavy atom. The van der Waals surface area contributed by atoms with Gasteiger partial charge in [-0.2, -0.15) is 0 Å². The number of benzene rings is 8. The Bertz CT molecular complexity index is 2510. The van der Waals surface area contributed by atoms with Crippen LogP contribution in [0.2, 0.25) is 0 Å². The van der Waals surface area contributed by atoms with Crippen molar-refractivity contribution in [2.24, 2.45) is 0 Å². The quantitative estimate of drug-likeness (QED) is 0.199. The lowest BCUT2D eigenvalue weighted by Crippen LogP contribution is -2.10. The van der Waals surface area contributed by atoms with Gasteiger partial charge in [0.2, 0.25) is 0 Å². The fourth-order valence-corrected chi connectivity index (χ4v) is 6.70. The van der Waals surface area contributed by atoms with E-state index in [-0.39, 0.29) is 0 Å². The summed E-state index contributed by atoms with van der Waals surface area (Å²) in [6.07, 6.45) is 0. The molecule has 0 aliphatic rings. The fourth-order valence-electron chi connectivity index (χ4n) is 6.70. The van der Waals surface area contributed by atoms with Gasteiger partial charge in [-0.05, 0) is 85.9 Å². The van der Waals surface area contributed by atoms with Gasteiger partial charge in [0.15, 0.2) is 0 Å². The van der Waals surface area contributed by atoms with Crippen molar-refractivity contribution in [3.05, 3.63) is 164 Å². The first-order chi connectivity index (χ1) is 21.8. The number of rotatable bonds is 4.